The molecule has 1 aliphatic carbocycles. The largest absolute Gasteiger partial charge is 0.324 e. The van der Waals surface area contributed by atoms with Gasteiger partial charge in [-0.1, -0.05) is 59.6 Å². The van der Waals surface area contributed by atoms with E-state index in [1.807, 2.05) is 6.07 Å². The van der Waals surface area contributed by atoms with Crippen molar-refractivity contribution in [1.29, 1.82) is 0 Å². The molecule has 1 unspecified atom stereocenters. The number of benzene rings is 1. The number of halogens is 2. The molecule has 2 rings (SSSR count). The molecule has 1 aliphatic rings. The van der Waals surface area contributed by atoms with Crippen LogP contribution < -0.4 is 5.73 Å². The lowest BCUT2D eigenvalue weighted by Gasteiger charge is -2.16. The van der Waals surface area contributed by atoms with Crippen LogP contribution in [0.4, 0.5) is 0 Å². The summed E-state index contributed by atoms with van der Waals surface area (Å²) in [6, 6.07) is 6.30. The predicted molar refractivity (Wildman–Crippen MR) is 79.8 cm³/mol. The standard InChI is InChI=1S/C14H19Br2N/c1-13(2)12(14(13,3)4)11(17)9-7-8(15)5-6-10(9)16/h5-7,11-12H,17H2,1-4H3. The topological polar surface area (TPSA) is 26.0 Å². The molecule has 17 heavy (non-hydrogen) atoms. The third-order valence-corrected chi connectivity index (χ3v) is 6.02. The van der Waals surface area contributed by atoms with Gasteiger partial charge in [0, 0.05) is 15.0 Å². The highest BCUT2D eigenvalue weighted by Crippen LogP contribution is 2.72. The maximum absolute atomic E-state index is 6.47. The summed E-state index contributed by atoms with van der Waals surface area (Å²) >= 11 is 7.12. The Balaban J connectivity index is 2.34. The molecule has 1 nitrogen and oxygen atoms in total. The Morgan fingerprint density at radius 2 is 1.65 bits per heavy atom. The minimum Gasteiger partial charge on any atom is -0.324 e. The molecule has 94 valence electrons. The van der Waals surface area contributed by atoms with Crippen molar-refractivity contribution in [2.24, 2.45) is 22.5 Å². The zero-order valence-electron chi connectivity index (χ0n) is 10.7. The Morgan fingerprint density at radius 1 is 1.12 bits per heavy atom. The Bertz CT molecular complexity index is 438. The number of nitrogens with two attached hydrogens (primary N) is 1. The number of hydrogen-bond acceptors (Lipinski definition) is 1. The van der Waals surface area contributed by atoms with Crippen LogP contribution in [0.25, 0.3) is 0 Å². The lowest BCUT2D eigenvalue weighted by Crippen LogP contribution is -2.17. The fraction of sp³-hybridized carbons (Fsp3) is 0.571. The van der Waals surface area contributed by atoms with Gasteiger partial charge in [-0.2, -0.15) is 0 Å². The van der Waals surface area contributed by atoms with Gasteiger partial charge in [0.25, 0.3) is 0 Å². The van der Waals surface area contributed by atoms with Crippen LogP contribution in [0.2, 0.25) is 0 Å². The van der Waals surface area contributed by atoms with Crippen LogP contribution in [-0.4, -0.2) is 0 Å². The molecule has 0 spiro atoms. The van der Waals surface area contributed by atoms with Crippen LogP contribution in [0.15, 0.2) is 27.1 Å². The van der Waals surface area contributed by atoms with Gasteiger partial charge in [-0.15, -0.1) is 0 Å². The summed E-state index contributed by atoms with van der Waals surface area (Å²) in [5.41, 5.74) is 8.29. The molecule has 3 heteroatoms. The van der Waals surface area contributed by atoms with E-state index < -0.39 is 0 Å². The smallest absolute Gasteiger partial charge is 0.0345 e. The summed E-state index contributed by atoms with van der Waals surface area (Å²) in [5.74, 6) is 0.528. The van der Waals surface area contributed by atoms with Crippen molar-refractivity contribution in [3.05, 3.63) is 32.7 Å². The van der Waals surface area contributed by atoms with Gasteiger partial charge in [-0.05, 0) is 40.5 Å². The van der Waals surface area contributed by atoms with E-state index in [1.54, 1.807) is 0 Å². The first kappa shape index (κ1) is 13.6. The van der Waals surface area contributed by atoms with Crippen molar-refractivity contribution in [1.82, 2.24) is 0 Å². The summed E-state index contributed by atoms with van der Waals surface area (Å²) in [6.45, 7) is 9.24. The van der Waals surface area contributed by atoms with Crippen molar-refractivity contribution in [2.45, 2.75) is 33.7 Å². The average molecular weight is 361 g/mol. The van der Waals surface area contributed by atoms with Crippen molar-refractivity contribution in [3.8, 4) is 0 Å². The first-order valence-electron chi connectivity index (χ1n) is 5.90. The summed E-state index contributed by atoms with van der Waals surface area (Å²) in [4.78, 5) is 0. The van der Waals surface area contributed by atoms with Gasteiger partial charge in [-0.25, -0.2) is 0 Å². The van der Waals surface area contributed by atoms with E-state index in [2.05, 4.69) is 71.7 Å². The van der Waals surface area contributed by atoms with E-state index in [9.17, 15) is 0 Å². The lowest BCUT2D eigenvalue weighted by atomic mass is 9.97. The van der Waals surface area contributed by atoms with Gasteiger partial charge in [0.05, 0.1) is 0 Å². The third kappa shape index (κ3) is 2.00. The highest BCUT2D eigenvalue weighted by atomic mass is 79.9. The van der Waals surface area contributed by atoms with Gasteiger partial charge >= 0.3 is 0 Å². The summed E-state index contributed by atoms with van der Waals surface area (Å²) < 4.78 is 2.19. The van der Waals surface area contributed by atoms with Gasteiger partial charge in [-0.3, -0.25) is 0 Å². The van der Waals surface area contributed by atoms with Crippen LogP contribution in [0.1, 0.15) is 39.3 Å². The predicted octanol–water partition coefficient (Wildman–Crippen LogP) is 4.89. The summed E-state index contributed by atoms with van der Waals surface area (Å²) in [7, 11) is 0. The second-order valence-corrected chi connectivity index (χ2v) is 7.88. The molecule has 1 aromatic carbocycles. The lowest BCUT2D eigenvalue weighted by molar-refractivity contribution is 0.457. The van der Waals surface area contributed by atoms with Crippen LogP contribution >= 0.6 is 31.9 Å². The van der Waals surface area contributed by atoms with Crippen molar-refractivity contribution in [2.75, 3.05) is 0 Å². The van der Waals surface area contributed by atoms with Crippen LogP contribution in [0.3, 0.4) is 0 Å². The zero-order valence-corrected chi connectivity index (χ0v) is 13.9. The molecule has 0 heterocycles. The van der Waals surface area contributed by atoms with E-state index in [-0.39, 0.29) is 6.04 Å². The quantitative estimate of drug-likeness (QED) is 0.797. The molecule has 0 saturated heterocycles. The minimum atomic E-state index is 0.0897. The molecular weight excluding hydrogens is 342 g/mol. The summed E-state index contributed by atoms with van der Waals surface area (Å²) in [6.07, 6.45) is 0. The molecule has 0 amide bonds. The summed E-state index contributed by atoms with van der Waals surface area (Å²) in [5, 5.41) is 0. The normalized spacial score (nSPS) is 23.5. The van der Waals surface area contributed by atoms with Crippen LogP contribution in [-0.2, 0) is 0 Å². The Morgan fingerprint density at radius 3 is 2.12 bits per heavy atom. The number of rotatable bonds is 2. The second-order valence-electron chi connectivity index (χ2n) is 6.11. The van der Waals surface area contributed by atoms with Crippen LogP contribution in [0.5, 0.6) is 0 Å². The Hall–Kier alpha value is 0.140. The molecular formula is C14H19Br2N. The van der Waals surface area contributed by atoms with E-state index in [4.69, 9.17) is 5.73 Å². The van der Waals surface area contributed by atoms with E-state index in [0.717, 1.165) is 8.95 Å². The van der Waals surface area contributed by atoms with E-state index >= 15 is 0 Å². The first-order valence-corrected chi connectivity index (χ1v) is 7.48. The fourth-order valence-corrected chi connectivity index (χ4v) is 3.98. The Kier molecular flexibility index (Phi) is 3.25. The molecule has 1 fully saturated rings. The van der Waals surface area contributed by atoms with E-state index in [1.165, 1.54) is 5.56 Å². The molecule has 0 aliphatic heterocycles. The van der Waals surface area contributed by atoms with Crippen molar-refractivity contribution in [3.63, 3.8) is 0 Å². The molecule has 0 radical (unpaired) electrons. The van der Waals surface area contributed by atoms with Gasteiger partial charge < -0.3 is 5.73 Å². The SMILES string of the molecule is CC1(C)C(C(N)c2cc(Br)ccc2Br)C1(C)C. The first-order chi connectivity index (χ1) is 7.69. The molecule has 0 aromatic heterocycles. The van der Waals surface area contributed by atoms with Gasteiger partial charge in [0.2, 0.25) is 0 Å². The second kappa shape index (κ2) is 4.07. The molecule has 2 N–H and O–H groups in total. The monoisotopic (exact) mass is 359 g/mol. The fourth-order valence-electron chi connectivity index (χ4n) is 3.09. The third-order valence-electron chi connectivity index (χ3n) is 4.81. The Labute approximate surface area is 120 Å². The minimum absolute atomic E-state index is 0.0897. The molecule has 1 atom stereocenters. The highest BCUT2D eigenvalue weighted by Gasteiger charge is 2.66. The molecule has 0 bridgehead atoms. The maximum atomic E-state index is 6.47. The van der Waals surface area contributed by atoms with Crippen molar-refractivity contribution >= 4 is 31.9 Å². The molecule has 1 aromatic rings. The maximum Gasteiger partial charge on any atom is 0.0345 e. The van der Waals surface area contributed by atoms with Crippen molar-refractivity contribution < 1.29 is 0 Å². The zero-order chi connectivity index (χ0) is 13.0. The van der Waals surface area contributed by atoms with Gasteiger partial charge in [0.15, 0.2) is 0 Å². The number of hydrogen-bond donors (Lipinski definition) is 1. The van der Waals surface area contributed by atoms with Crippen LogP contribution in [0, 0.1) is 16.7 Å². The molecule has 1 saturated carbocycles. The highest BCUT2D eigenvalue weighted by molar-refractivity contribution is 9.11. The average Bonchev–Trinajstić information content (AvgIpc) is 2.61. The van der Waals surface area contributed by atoms with E-state index in [0.29, 0.717) is 16.7 Å². The van der Waals surface area contributed by atoms with Gasteiger partial charge in [0.1, 0.15) is 0 Å².